The van der Waals surface area contributed by atoms with E-state index in [0.717, 1.165) is 37.1 Å². The first-order chi connectivity index (χ1) is 13.3. The highest BCUT2D eigenvalue weighted by Gasteiger charge is 2.34. The molecule has 2 heterocycles. The number of hydrogen-bond acceptors (Lipinski definition) is 2. The van der Waals surface area contributed by atoms with Gasteiger partial charge >= 0.3 is 0 Å². The summed E-state index contributed by atoms with van der Waals surface area (Å²) in [5.74, 6) is 0.539. The van der Waals surface area contributed by atoms with E-state index >= 15 is 0 Å². The van der Waals surface area contributed by atoms with Gasteiger partial charge in [-0.25, -0.2) is 0 Å². The third kappa shape index (κ3) is 4.52. The van der Waals surface area contributed by atoms with Gasteiger partial charge in [0.25, 0.3) is 0 Å². The van der Waals surface area contributed by atoms with E-state index in [9.17, 15) is 9.59 Å². The normalized spacial score (nSPS) is 15.8. The minimum Gasteiger partial charge on any atom is -0.355 e. The number of hydrogen-bond donors (Lipinski definition) is 1. The average Bonchev–Trinajstić information content (AvgIpc) is 3.02. The number of alkyl halides is 1. The Morgan fingerprint density at radius 1 is 1.21 bits per heavy atom. The van der Waals surface area contributed by atoms with E-state index in [1.807, 2.05) is 24.1 Å². The molecule has 1 aromatic heterocycles. The Balaban J connectivity index is 1.56. The van der Waals surface area contributed by atoms with Crippen LogP contribution in [0.3, 0.4) is 0 Å². The van der Waals surface area contributed by atoms with E-state index < -0.39 is 0 Å². The van der Waals surface area contributed by atoms with Crippen LogP contribution in [0.2, 0.25) is 0 Å². The molecule has 1 aromatic carbocycles. The van der Waals surface area contributed by atoms with Crippen molar-refractivity contribution < 1.29 is 9.59 Å². The molecule has 5 nitrogen and oxygen atoms in total. The van der Waals surface area contributed by atoms with Gasteiger partial charge < -0.3 is 14.8 Å². The Labute approximate surface area is 172 Å². The molecule has 1 N–H and O–H groups in total. The lowest BCUT2D eigenvalue weighted by atomic mass is 9.73. The zero-order valence-electron chi connectivity index (χ0n) is 17.0. The van der Waals surface area contributed by atoms with Gasteiger partial charge in [0, 0.05) is 37.9 Å². The maximum atomic E-state index is 12.8. The van der Waals surface area contributed by atoms with Crippen LogP contribution in [0.4, 0.5) is 0 Å². The number of carbonyl (C=O) groups excluding carboxylic acids is 2. The number of nitrogens with zero attached hydrogens (tertiary/aromatic N) is 2. The molecule has 1 aliphatic rings. The molecule has 28 heavy (non-hydrogen) atoms. The number of amides is 2. The number of benzene rings is 1. The summed E-state index contributed by atoms with van der Waals surface area (Å²) < 4.78 is 2.11. The van der Waals surface area contributed by atoms with Gasteiger partial charge in [0.05, 0.1) is 6.42 Å². The number of rotatable bonds is 6. The monoisotopic (exact) mass is 403 g/mol. The van der Waals surface area contributed by atoms with Crippen molar-refractivity contribution in [1.82, 2.24) is 14.8 Å². The summed E-state index contributed by atoms with van der Waals surface area (Å²) in [6, 6.07) is 10.3. The third-order valence-corrected chi connectivity index (χ3v) is 6.44. The van der Waals surface area contributed by atoms with Gasteiger partial charge in [-0.3, -0.25) is 9.59 Å². The highest BCUT2D eigenvalue weighted by Crippen LogP contribution is 2.34. The van der Waals surface area contributed by atoms with Gasteiger partial charge in [-0.15, -0.1) is 11.6 Å². The predicted octanol–water partition coefficient (Wildman–Crippen LogP) is 3.34. The Morgan fingerprint density at radius 2 is 1.89 bits per heavy atom. The molecule has 2 amide bonds. The lowest BCUT2D eigenvalue weighted by molar-refractivity contribution is -0.132. The van der Waals surface area contributed by atoms with Crippen molar-refractivity contribution in [2.75, 3.05) is 25.5 Å². The molecule has 1 fully saturated rings. The maximum Gasteiger partial charge on any atom is 0.234 e. The van der Waals surface area contributed by atoms with Crippen molar-refractivity contribution >= 4 is 34.3 Å². The number of halogens is 1. The molecule has 6 heteroatoms. The van der Waals surface area contributed by atoms with Crippen LogP contribution in [0.5, 0.6) is 0 Å². The fourth-order valence-corrected chi connectivity index (χ4v) is 4.31. The summed E-state index contributed by atoms with van der Waals surface area (Å²) in [7, 11) is 2.02. The smallest absolute Gasteiger partial charge is 0.234 e. The highest BCUT2D eigenvalue weighted by atomic mass is 35.5. The Bertz CT molecular complexity index is 851. The summed E-state index contributed by atoms with van der Waals surface area (Å²) in [5, 5.41) is 4.07. The zero-order chi connectivity index (χ0) is 20.3. The molecule has 0 saturated carbocycles. The van der Waals surface area contributed by atoms with Crippen LogP contribution in [-0.2, 0) is 23.1 Å². The van der Waals surface area contributed by atoms with Gasteiger partial charge in [-0.1, -0.05) is 32.0 Å². The van der Waals surface area contributed by atoms with Crippen molar-refractivity contribution in [3.05, 3.63) is 36.0 Å². The van der Waals surface area contributed by atoms with Gasteiger partial charge in [0.2, 0.25) is 11.8 Å². The molecular formula is C22H30ClN3O2. The minimum absolute atomic E-state index is 0.00279. The molecule has 1 saturated heterocycles. The van der Waals surface area contributed by atoms with E-state index in [4.69, 9.17) is 11.6 Å². The Hall–Kier alpha value is -2.01. The molecule has 1 aliphatic heterocycles. The maximum absolute atomic E-state index is 12.8. The van der Waals surface area contributed by atoms with E-state index in [0.29, 0.717) is 18.9 Å². The SMILES string of the molecule is Cn1c(CC(=O)N2CCC(C(C)(C)CNC(=O)CCl)CC2)cc2ccccc21. The second kappa shape index (κ2) is 8.56. The van der Waals surface area contributed by atoms with Gasteiger partial charge in [-0.2, -0.15) is 0 Å². The Kier molecular flexibility index (Phi) is 6.33. The number of piperidine rings is 1. The molecule has 0 radical (unpaired) electrons. The Morgan fingerprint density at radius 3 is 2.54 bits per heavy atom. The number of para-hydroxylation sites is 1. The van der Waals surface area contributed by atoms with Crippen molar-refractivity contribution in [2.45, 2.75) is 33.1 Å². The first-order valence-corrected chi connectivity index (χ1v) is 10.5. The number of nitrogens with one attached hydrogen (secondary N) is 1. The highest BCUT2D eigenvalue weighted by molar-refractivity contribution is 6.27. The van der Waals surface area contributed by atoms with Crippen molar-refractivity contribution in [1.29, 1.82) is 0 Å². The van der Waals surface area contributed by atoms with Crippen LogP contribution >= 0.6 is 11.6 Å². The minimum atomic E-state index is -0.127. The number of fused-ring (bicyclic) bond motifs is 1. The molecule has 2 aromatic rings. The fraction of sp³-hybridized carbons (Fsp3) is 0.545. The zero-order valence-corrected chi connectivity index (χ0v) is 17.8. The summed E-state index contributed by atoms with van der Waals surface area (Å²) >= 11 is 5.57. The van der Waals surface area contributed by atoms with Crippen molar-refractivity contribution in [2.24, 2.45) is 18.4 Å². The molecular weight excluding hydrogens is 374 g/mol. The fourth-order valence-electron chi connectivity index (χ4n) is 4.21. The average molecular weight is 404 g/mol. The number of aromatic nitrogens is 1. The summed E-state index contributed by atoms with van der Waals surface area (Å²) in [5.41, 5.74) is 2.20. The van der Waals surface area contributed by atoms with Crippen LogP contribution in [0.1, 0.15) is 32.4 Å². The van der Waals surface area contributed by atoms with Crippen LogP contribution < -0.4 is 5.32 Å². The van der Waals surface area contributed by atoms with Crippen LogP contribution in [-0.4, -0.2) is 46.8 Å². The summed E-state index contributed by atoms with van der Waals surface area (Å²) in [4.78, 5) is 26.3. The molecule has 0 atom stereocenters. The molecule has 3 rings (SSSR count). The first-order valence-electron chi connectivity index (χ1n) is 9.95. The second-order valence-corrected chi connectivity index (χ2v) is 8.75. The number of likely N-dealkylation sites (tertiary alicyclic amines) is 1. The van der Waals surface area contributed by atoms with Crippen LogP contribution in [0, 0.1) is 11.3 Å². The first kappa shape index (κ1) is 20.7. The van der Waals surface area contributed by atoms with Crippen molar-refractivity contribution in [3.63, 3.8) is 0 Å². The van der Waals surface area contributed by atoms with Gasteiger partial charge in [0.1, 0.15) is 5.88 Å². The molecule has 0 bridgehead atoms. The molecule has 152 valence electrons. The van der Waals surface area contributed by atoms with Gasteiger partial charge in [-0.05, 0) is 41.7 Å². The molecule has 0 spiro atoms. The quantitative estimate of drug-likeness (QED) is 0.752. The molecule has 0 aliphatic carbocycles. The van der Waals surface area contributed by atoms with Crippen LogP contribution in [0.25, 0.3) is 10.9 Å². The lowest BCUT2D eigenvalue weighted by Gasteiger charge is -2.41. The predicted molar refractivity (Wildman–Crippen MR) is 113 cm³/mol. The third-order valence-electron chi connectivity index (χ3n) is 6.20. The van der Waals surface area contributed by atoms with E-state index in [1.165, 1.54) is 5.39 Å². The lowest BCUT2D eigenvalue weighted by Crippen LogP contribution is -2.46. The topological polar surface area (TPSA) is 54.3 Å². The number of carbonyl (C=O) groups is 2. The largest absolute Gasteiger partial charge is 0.355 e. The van der Waals surface area contributed by atoms with Gasteiger partial charge in [0.15, 0.2) is 0 Å². The van der Waals surface area contributed by atoms with E-state index in [-0.39, 0.29) is 23.1 Å². The summed E-state index contributed by atoms with van der Waals surface area (Å²) in [6.07, 6.45) is 2.36. The molecule has 0 unspecified atom stereocenters. The number of aryl methyl sites for hydroxylation is 1. The van der Waals surface area contributed by atoms with Crippen molar-refractivity contribution in [3.8, 4) is 0 Å². The van der Waals surface area contributed by atoms with Crippen LogP contribution in [0.15, 0.2) is 30.3 Å². The standard InChI is InChI=1S/C22H30ClN3O2/c1-22(2,15-24-20(27)14-23)17-8-10-26(11-9-17)21(28)13-18-12-16-6-4-5-7-19(16)25(18)3/h4-7,12,17H,8-11,13-15H2,1-3H3,(H,24,27). The van der Waals surface area contributed by atoms with E-state index in [2.05, 4.69) is 41.9 Å². The second-order valence-electron chi connectivity index (χ2n) is 8.48. The van der Waals surface area contributed by atoms with E-state index in [1.54, 1.807) is 0 Å². The summed E-state index contributed by atoms with van der Waals surface area (Å²) in [6.45, 7) is 6.53.